The van der Waals surface area contributed by atoms with Crippen LogP contribution in [0.4, 0.5) is 5.69 Å². The van der Waals surface area contributed by atoms with Gasteiger partial charge in [-0.05, 0) is 66.5 Å². The summed E-state index contributed by atoms with van der Waals surface area (Å²) in [5.41, 5.74) is 0.620. The molecule has 0 spiro atoms. The summed E-state index contributed by atoms with van der Waals surface area (Å²) in [5, 5.41) is 0. The number of hydrogen-bond donors (Lipinski definition) is 0. The van der Waals surface area contributed by atoms with Gasteiger partial charge in [0.15, 0.2) is 11.5 Å². The van der Waals surface area contributed by atoms with E-state index in [9.17, 15) is 9.59 Å². The van der Waals surface area contributed by atoms with Crippen molar-refractivity contribution < 1.29 is 19.1 Å². The number of para-hydroxylation sites is 2. The molecule has 3 fully saturated rings. The van der Waals surface area contributed by atoms with E-state index in [2.05, 4.69) is 12.2 Å². The number of amides is 2. The van der Waals surface area contributed by atoms with Gasteiger partial charge in [0, 0.05) is 0 Å². The summed E-state index contributed by atoms with van der Waals surface area (Å²) in [6, 6.07) is 14.6. The molecular weight excluding hydrogens is 366 g/mol. The van der Waals surface area contributed by atoms with E-state index in [1.165, 1.54) is 11.3 Å². The molecule has 2 aromatic rings. The van der Waals surface area contributed by atoms with E-state index < -0.39 is 0 Å². The lowest BCUT2D eigenvalue weighted by Crippen LogP contribution is -2.40. The standard InChI is InChI=1S/C24H21NO4/c1-28-19-4-2-3-5-20(19)29-14-8-6-13(7-9-14)25-23(26)21-15-10-11-16(18-12-17(15)18)22(21)24(25)27/h2-11,15-18,21-22H,12H2,1H3/t15-,16+,17+,18-,21-,22+. The summed E-state index contributed by atoms with van der Waals surface area (Å²) in [5.74, 6) is 3.16. The lowest BCUT2D eigenvalue weighted by atomic mass is 9.63. The number of hydrogen-bond acceptors (Lipinski definition) is 4. The zero-order valence-electron chi connectivity index (χ0n) is 16.0. The van der Waals surface area contributed by atoms with E-state index in [0.717, 1.165) is 0 Å². The summed E-state index contributed by atoms with van der Waals surface area (Å²) in [6.45, 7) is 0. The van der Waals surface area contributed by atoms with Gasteiger partial charge in [-0.25, -0.2) is 0 Å². The minimum atomic E-state index is -0.175. The first-order valence-electron chi connectivity index (χ1n) is 10.1. The summed E-state index contributed by atoms with van der Waals surface area (Å²) in [4.78, 5) is 27.8. The third-order valence-corrected chi connectivity index (χ3v) is 7.05. The van der Waals surface area contributed by atoms with Gasteiger partial charge in [0.2, 0.25) is 11.8 Å². The van der Waals surface area contributed by atoms with Crippen molar-refractivity contribution in [3.8, 4) is 17.2 Å². The minimum absolute atomic E-state index is 0.0388. The Morgan fingerprint density at radius 3 is 2.00 bits per heavy atom. The summed E-state index contributed by atoms with van der Waals surface area (Å²) < 4.78 is 11.2. The van der Waals surface area contributed by atoms with Crippen LogP contribution < -0.4 is 14.4 Å². The topological polar surface area (TPSA) is 55.8 Å². The Labute approximate surface area is 168 Å². The predicted octanol–water partition coefficient (Wildman–Crippen LogP) is 4.05. The number of carbonyl (C=O) groups excluding carboxylic acids is 2. The molecule has 146 valence electrons. The Kier molecular flexibility index (Phi) is 3.46. The van der Waals surface area contributed by atoms with E-state index in [1.807, 2.05) is 24.3 Å². The number of ether oxygens (including phenoxy) is 2. The number of rotatable bonds is 4. The highest BCUT2D eigenvalue weighted by Gasteiger charge is 2.67. The number of allylic oxidation sites excluding steroid dienone is 2. The van der Waals surface area contributed by atoms with Crippen LogP contribution in [0.15, 0.2) is 60.7 Å². The van der Waals surface area contributed by atoms with Crippen LogP contribution in [0.25, 0.3) is 0 Å². The fourth-order valence-corrected chi connectivity index (χ4v) is 5.70. The molecule has 0 aromatic heterocycles. The molecule has 0 N–H and O–H groups in total. The fourth-order valence-electron chi connectivity index (χ4n) is 5.70. The quantitative estimate of drug-likeness (QED) is 0.587. The first-order chi connectivity index (χ1) is 14.2. The van der Waals surface area contributed by atoms with Gasteiger partial charge >= 0.3 is 0 Å². The molecule has 4 aliphatic carbocycles. The van der Waals surface area contributed by atoms with Gasteiger partial charge in [0.25, 0.3) is 0 Å². The monoisotopic (exact) mass is 387 g/mol. The molecular formula is C24H21NO4. The van der Waals surface area contributed by atoms with Crippen LogP contribution in [0.3, 0.4) is 0 Å². The summed E-state index contributed by atoms with van der Waals surface area (Å²) >= 11 is 0. The molecule has 1 aliphatic heterocycles. The second-order valence-electron chi connectivity index (χ2n) is 8.41. The van der Waals surface area contributed by atoms with Crippen molar-refractivity contribution in [2.24, 2.45) is 35.5 Å². The molecule has 1 saturated heterocycles. The molecule has 2 saturated carbocycles. The lowest BCUT2D eigenvalue weighted by molar-refractivity contribution is -0.124. The SMILES string of the molecule is COc1ccccc1Oc1ccc(N2C(=O)[C@@H]3[C@@H]4C=C[C@@H]([C@H]5C[C@@H]45)[C@@H]3C2=O)cc1. The summed E-state index contributed by atoms with van der Waals surface area (Å²) in [7, 11) is 1.60. The average molecular weight is 387 g/mol. The molecule has 5 aliphatic rings. The van der Waals surface area contributed by atoms with Crippen LogP contribution >= 0.6 is 0 Å². The maximum atomic E-state index is 13.2. The average Bonchev–Trinajstić information content (AvgIpc) is 3.53. The number of carbonyl (C=O) groups is 2. The molecule has 7 rings (SSSR count). The van der Waals surface area contributed by atoms with Crippen molar-refractivity contribution in [2.45, 2.75) is 6.42 Å². The Bertz CT molecular complexity index is 1010. The molecule has 1 heterocycles. The normalized spacial score (nSPS) is 33.5. The molecule has 5 heteroatoms. The molecule has 29 heavy (non-hydrogen) atoms. The van der Waals surface area contributed by atoms with Crippen molar-refractivity contribution in [1.29, 1.82) is 0 Å². The van der Waals surface area contributed by atoms with Crippen molar-refractivity contribution in [3.63, 3.8) is 0 Å². The zero-order valence-corrected chi connectivity index (χ0v) is 16.0. The van der Waals surface area contributed by atoms with Crippen molar-refractivity contribution in [3.05, 3.63) is 60.7 Å². The Morgan fingerprint density at radius 2 is 1.41 bits per heavy atom. The minimum Gasteiger partial charge on any atom is -0.493 e. The highest BCUT2D eigenvalue weighted by molar-refractivity contribution is 6.22. The number of anilines is 1. The maximum absolute atomic E-state index is 13.2. The highest BCUT2D eigenvalue weighted by atomic mass is 16.5. The third kappa shape index (κ3) is 2.33. The van der Waals surface area contributed by atoms with E-state index in [0.29, 0.717) is 34.8 Å². The Balaban J connectivity index is 1.26. The Morgan fingerprint density at radius 1 is 0.828 bits per heavy atom. The first-order valence-corrected chi connectivity index (χ1v) is 10.1. The van der Waals surface area contributed by atoms with Gasteiger partial charge in [-0.15, -0.1) is 0 Å². The van der Waals surface area contributed by atoms with Crippen LogP contribution in [0, 0.1) is 35.5 Å². The predicted molar refractivity (Wildman–Crippen MR) is 107 cm³/mol. The van der Waals surface area contributed by atoms with Crippen molar-refractivity contribution in [1.82, 2.24) is 0 Å². The van der Waals surface area contributed by atoms with Gasteiger partial charge in [-0.1, -0.05) is 24.3 Å². The van der Waals surface area contributed by atoms with Crippen molar-refractivity contribution >= 4 is 17.5 Å². The van der Waals surface area contributed by atoms with Gasteiger partial charge in [0.05, 0.1) is 24.6 Å². The molecule has 6 atom stereocenters. The smallest absolute Gasteiger partial charge is 0.238 e. The molecule has 2 bridgehead atoms. The van der Waals surface area contributed by atoms with Crippen LogP contribution in [0.1, 0.15) is 6.42 Å². The largest absolute Gasteiger partial charge is 0.493 e. The molecule has 0 unspecified atom stereocenters. The van der Waals surface area contributed by atoms with Gasteiger partial charge in [-0.2, -0.15) is 0 Å². The van der Waals surface area contributed by atoms with E-state index in [1.54, 1.807) is 31.4 Å². The second kappa shape index (κ2) is 5.96. The zero-order chi connectivity index (χ0) is 19.7. The van der Waals surface area contributed by atoms with Gasteiger partial charge in [0.1, 0.15) is 5.75 Å². The molecule has 2 aromatic carbocycles. The first kappa shape index (κ1) is 16.8. The number of methoxy groups -OCH3 is 1. The fraction of sp³-hybridized carbons (Fsp3) is 0.333. The summed E-state index contributed by atoms with van der Waals surface area (Å²) in [6.07, 6.45) is 5.56. The van der Waals surface area contributed by atoms with Gasteiger partial charge in [-0.3, -0.25) is 14.5 Å². The van der Waals surface area contributed by atoms with E-state index in [4.69, 9.17) is 9.47 Å². The number of imide groups is 1. The third-order valence-electron chi connectivity index (χ3n) is 7.05. The van der Waals surface area contributed by atoms with Gasteiger partial charge < -0.3 is 9.47 Å². The molecule has 2 amide bonds. The second-order valence-corrected chi connectivity index (χ2v) is 8.41. The molecule has 0 radical (unpaired) electrons. The molecule has 5 nitrogen and oxygen atoms in total. The van der Waals surface area contributed by atoms with Crippen LogP contribution in [-0.2, 0) is 9.59 Å². The van der Waals surface area contributed by atoms with E-state index >= 15 is 0 Å². The van der Waals surface area contributed by atoms with Crippen LogP contribution in [-0.4, -0.2) is 18.9 Å². The maximum Gasteiger partial charge on any atom is 0.238 e. The van der Waals surface area contributed by atoms with Crippen LogP contribution in [0.5, 0.6) is 17.2 Å². The number of benzene rings is 2. The highest BCUT2D eigenvalue weighted by Crippen LogP contribution is 2.65. The Hall–Kier alpha value is -3.08. The van der Waals surface area contributed by atoms with Crippen LogP contribution in [0.2, 0.25) is 0 Å². The lowest BCUT2D eigenvalue weighted by Gasteiger charge is -2.37. The van der Waals surface area contributed by atoms with Crippen molar-refractivity contribution in [2.75, 3.05) is 12.0 Å². The van der Waals surface area contributed by atoms with E-state index in [-0.39, 0.29) is 35.5 Å². The number of nitrogens with zero attached hydrogens (tertiary/aromatic N) is 1.